The molecule has 32 heavy (non-hydrogen) atoms. The molecule has 0 aliphatic heterocycles. The van der Waals surface area contributed by atoms with E-state index in [1.54, 1.807) is 0 Å². The highest BCUT2D eigenvalue weighted by Crippen LogP contribution is 2.31. The smallest absolute Gasteiger partial charge is 0.357 e. The van der Waals surface area contributed by atoms with Crippen LogP contribution < -0.4 is 15.4 Å². The van der Waals surface area contributed by atoms with Gasteiger partial charge in [0.15, 0.2) is 10.7 Å². The molecule has 178 valence electrons. The second kappa shape index (κ2) is 12.1. The molecule has 0 saturated carbocycles. The molecule has 11 heteroatoms. The van der Waals surface area contributed by atoms with E-state index in [0.29, 0.717) is 24.0 Å². The van der Waals surface area contributed by atoms with Crippen molar-refractivity contribution in [3.05, 3.63) is 39.0 Å². The fourth-order valence-electron chi connectivity index (χ4n) is 2.73. The van der Waals surface area contributed by atoms with Gasteiger partial charge in [-0.05, 0) is 31.7 Å². The van der Waals surface area contributed by atoms with Crippen molar-refractivity contribution in [1.82, 2.24) is 10.3 Å². The third kappa shape index (κ3) is 6.61. The van der Waals surface area contributed by atoms with E-state index in [1.165, 1.54) is 0 Å². The van der Waals surface area contributed by atoms with Crippen LogP contribution in [-0.4, -0.2) is 24.0 Å². The van der Waals surface area contributed by atoms with Gasteiger partial charge in [0.2, 0.25) is 34.8 Å². The van der Waals surface area contributed by atoms with Crippen LogP contribution in [0.4, 0.5) is 27.8 Å². The fraction of sp³-hybridized carbons (Fsp3) is 0.524. The Bertz CT molecular complexity index is 908. The fourth-order valence-corrected chi connectivity index (χ4v) is 3.61. The van der Waals surface area contributed by atoms with Gasteiger partial charge in [-0.25, -0.2) is 22.9 Å². The number of rotatable bonds is 12. The Morgan fingerprint density at radius 3 is 2.22 bits per heavy atom. The maximum Gasteiger partial charge on any atom is 0.357 e. The van der Waals surface area contributed by atoms with Gasteiger partial charge in [-0.3, -0.25) is 0 Å². The molecule has 0 atom stereocenters. The summed E-state index contributed by atoms with van der Waals surface area (Å²) < 4.78 is 72.4. The number of hydrogen-bond donors (Lipinski definition) is 2. The Morgan fingerprint density at radius 2 is 1.62 bits per heavy atom. The van der Waals surface area contributed by atoms with E-state index in [0.717, 1.165) is 43.6 Å². The number of carbonyl (C=O) groups excluding carboxylic acids is 1. The quantitative estimate of drug-likeness (QED) is 0.101. The van der Waals surface area contributed by atoms with Crippen molar-refractivity contribution in [2.45, 2.75) is 53.0 Å². The lowest BCUT2D eigenvalue weighted by Gasteiger charge is -2.09. The molecule has 0 radical (unpaired) electrons. The third-order valence-electron chi connectivity index (χ3n) is 4.46. The average molecular weight is 480 g/mol. The predicted molar refractivity (Wildman–Crippen MR) is 112 cm³/mol. The van der Waals surface area contributed by atoms with E-state index in [2.05, 4.69) is 34.2 Å². The van der Waals surface area contributed by atoms with E-state index >= 15 is 0 Å². The summed E-state index contributed by atoms with van der Waals surface area (Å²) in [4.78, 5) is 16.8. The number of halogens is 5. The van der Waals surface area contributed by atoms with E-state index in [1.807, 2.05) is 6.92 Å². The van der Waals surface area contributed by atoms with Crippen LogP contribution in [0.2, 0.25) is 0 Å². The lowest BCUT2D eigenvalue weighted by molar-refractivity contribution is 0.0722. The Labute approximate surface area is 187 Å². The van der Waals surface area contributed by atoms with Gasteiger partial charge in [0.05, 0.1) is 0 Å². The predicted octanol–water partition coefficient (Wildman–Crippen LogP) is 5.80. The van der Waals surface area contributed by atoms with Gasteiger partial charge in [-0.1, -0.05) is 27.2 Å². The van der Waals surface area contributed by atoms with Gasteiger partial charge in [0.1, 0.15) is 5.01 Å². The summed E-state index contributed by atoms with van der Waals surface area (Å²) in [6.07, 6.45) is 3.64. The molecule has 0 saturated heterocycles. The van der Waals surface area contributed by atoms with Gasteiger partial charge in [-0.15, -0.1) is 11.3 Å². The van der Waals surface area contributed by atoms with Gasteiger partial charge in [0, 0.05) is 13.1 Å². The number of thiazole rings is 1. The van der Waals surface area contributed by atoms with Gasteiger partial charge >= 0.3 is 5.97 Å². The van der Waals surface area contributed by atoms with Crippen LogP contribution in [0.1, 0.15) is 61.1 Å². The number of nitrogens with one attached hydrogen (secondary N) is 2. The molecule has 2 aromatic rings. The highest BCUT2D eigenvalue weighted by molar-refractivity contribution is 7.14. The van der Waals surface area contributed by atoms with Crippen LogP contribution in [0.3, 0.4) is 0 Å². The molecule has 0 spiro atoms. The third-order valence-corrected chi connectivity index (χ3v) is 5.49. The van der Waals surface area contributed by atoms with E-state index in [-0.39, 0.29) is 10.7 Å². The average Bonchev–Trinajstić information content (AvgIpc) is 3.16. The number of hydrogen-bond acceptors (Lipinski definition) is 6. The van der Waals surface area contributed by atoms with E-state index in [9.17, 15) is 26.7 Å². The van der Waals surface area contributed by atoms with Crippen molar-refractivity contribution in [2.24, 2.45) is 5.92 Å². The molecule has 0 unspecified atom stereocenters. The number of aromatic nitrogens is 1. The number of esters is 1. The molecular weight excluding hydrogens is 453 g/mol. The van der Waals surface area contributed by atoms with E-state index < -0.39 is 40.8 Å². The summed E-state index contributed by atoms with van der Waals surface area (Å²) in [5.74, 6) is -13.3. The Kier molecular flexibility index (Phi) is 9.83. The lowest BCUT2D eigenvalue weighted by Crippen LogP contribution is -2.15. The molecule has 0 fully saturated rings. The summed E-state index contributed by atoms with van der Waals surface area (Å²) in [6.45, 7) is 7.77. The lowest BCUT2D eigenvalue weighted by atomic mass is 10.1. The van der Waals surface area contributed by atoms with Gasteiger partial charge in [-0.2, -0.15) is 8.78 Å². The maximum atomic E-state index is 13.9. The number of anilines is 1. The molecule has 5 nitrogen and oxygen atoms in total. The molecule has 1 heterocycles. The minimum atomic E-state index is -2.33. The topological polar surface area (TPSA) is 63.2 Å². The molecule has 2 rings (SSSR count). The van der Waals surface area contributed by atoms with Crippen molar-refractivity contribution < 1.29 is 31.5 Å². The maximum absolute atomic E-state index is 13.9. The van der Waals surface area contributed by atoms with Crippen LogP contribution in [0.25, 0.3) is 0 Å². The number of nitrogens with zero attached hydrogens (tertiary/aromatic N) is 1. The first-order valence-electron chi connectivity index (χ1n) is 10.3. The number of benzene rings is 1. The molecule has 0 aliphatic carbocycles. The highest BCUT2D eigenvalue weighted by atomic mass is 32.1. The summed E-state index contributed by atoms with van der Waals surface area (Å²) >= 11 is 0.915. The van der Waals surface area contributed by atoms with Crippen molar-refractivity contribution in [2.75, 3.05) is 18.4 Å². The zero-order chi connectivity index (χ0) is 23.8. The van der Waals surface area contributed by atoms with Gasteiger partial charge in [0.25, 0.3) is 0 Å². The molecule has 1 aromatic carbocycles. The normalized spacial score (nSPS) is 11.3. The highest BCUT2D eigenvalue weighted by Gasteiger charge is 2.30. The van der Waals surface area contributed by atoms with Crippen molar-refractivity contribution in [3.63, 3.8) is 0 Å². The van der Waals surface area contributed by atoms with Crippen LogP contribution in [-0.2, 0) is 6.54 Å². The van der Waals surface area contributed by atoms with Crippen molar-refractivity contribution in [3.8, 4) is 5.75 Å². The molecule has 0 aliphatic rings. The molecular formula is C21H26F5N3O2S. The minimum absolute atomic E-state index is 0.121. The van der Waals surface area contributed by atoms with Crippen LogP contribution in [0.15, 0.2) is 0 Å². The van der Waals surface area contributed by atoms with Crippen LogP contribution >= 0.6 is 11.3 Å². The largest absolute Gasteiger partial charge is 0.416 e. The van der Waals surface area contributed by atoms with Gasteiger partial charge < -0.3 is 15.4 Å². The molecule has 2 N–H and O–H groups in total. The zero-order valence-corrected chi connectivity index (χ0v) is 18.9. The van der Waals surface area contributed by atoms with Crippen LogP contribution in [0.5, 0.6) is 5.75 Å². The zero-order valence-electron chi connectivity index (χ0n) is 18.1. The van der Waals surface area contributed by atoms with E-state index in [4.69, 9.17) is 0 Å². The monoisotopic (exact) mass is 479 g/mol. The second-order valence-electron chi connectivity index (χ2n) is 7.57. The number of ether oxygens (including phenoxy) is 1. The first kappa shape index (κ1) is 26.0. The summed E-state index contributed by atoms with van der Waals surface area (Å²) in [7, 11) is 0. The van der Waals surface area contributed by atoms with Crippen molar-refractivity contribution >= 4 is 23.1 Å². The summed E-state index contributed by atoms with van der Waals surface area (Å²) in [5.41, 5.74) is 0. The number of carbonyl (C=O) groups is 1. The molecule has 1 aromatic heterocycles. The molecule has 0 amide bonds. The SMILES string of the molecule is CCCCNc1nc(CNCCCC(C)C)sc1C(=O)Oc1c(F)c(F)c(F)c(F)c1F. The first-order valence-corrected chi connectivity index (χ1v) is 11.2. The van der Waals surface area contributed by atoms with Crippen molar-refractivity contribution in [1.29, 1.82) is 0 Å². The Morgan fingerprint density at radius 1 is 1.00 bits per heavy atom. The summed E-state index contributed by atoms with van der Waals surface area (Å²) in [5, 5.41) is 6.67. The second-order valence-corrected chi connectivity index (χ2v) is 8.65. The Balaban J connectivity index is 2.20. The summed E-state index contributed by atoms with van der Waals surface area (Å²) in [6, 6.07) is 0. The van der Waals surface area contributed by atoms with Crippen LogP contribution in [0, 0.1) is 35.0 Å². The Hall–Kier alpha value is -2.27. The first-order chi connectivity index (χ1) is 15.2. The molecule has 0 bridgehead atoms. The minimum Gasteiger partial charge on any atom is -0.416 e. The standard InChI is InChI=1S/C21H26F5N3O2S/c1-4-5-9-28-20-19(32-12(29-20)10-27-8-6-7-11(2)3)21(30)31-18-16(25)14(23)13(22)15(24)17(18)26/h11,27-28H,4-10H2,1-3H3. The number of unbranched alkanes of at least 4 members (excludes halogenated alkanes) is 1.